The molecule has 5 heteroatoms. The van der Waals surface area contributed by atoms with Crippen molar-refractivity contribution >= 4 is 29.9 Å². The van der Waals surface area contributed by atoms with Crippen LogP contribution in [0.25, 0.3) is 0 Å². The zero-order chi connectivity index (χ0) is 12.3. The van der Waals surface area contributed by atoms with Crippen molar-refractivity contribution in [1.82, 2.24) is 9.88 Å². The average molecular weight is 289 g/mol. The standard InChI is InChI=1S/C13H17ClN2O.ClH/c1-10-2-3-12(7-15-10)9-16(13(17)6-14)8-11-4-5-11;/h2-3,7,11H,4-6,8-9H2,1H3;1H. The summed E-state index contributed by atoms with van der Waals surface area (Å²) < 4.78 is 0. The lowest BCUT2D eigenvalue weighted by Gasteiger charge is -2.21. The van der Waals surface area contributed by atoms with Gasteiger partial charge in [-0.05, 0) is 37.3 Å². The maximum absolute atomic E-state index is 11.7. The number of halogens is 2. The summed E-state index contributed by atoms with van der Waals surface area (Å²) in [6.07, 6.45) is 4.30. The summed E-state index contributed by atoms with van der Waals surface area (Å²) in [5.74, 6) is 0.756. The van der Waals surface area contributed by atoms with Crippen LogP contribution in [-0.4, -0.2) is 28.2 Å². The molecule has 18 heavy (non-hydrogen) atoms. The van der Waals surface area contributed by atoms with E-state index in [1.54, 1.807) is 0 Å². The molecule has 1 aliphatic carbocycles. The number of pyridine rings is 1. The van der Waals surface area contributed by atoms with Crippen LogP contribution in [0.15, 0.2) is 18.3 Å². The lowest BCUT2D eigenvalue weighted by molar-refractivity contribution is -0.129. The van der Waals surface area contributed by atoms with E-state index in [0.717, 1.165) is 17.8 Å². The molecule has 0 aromatic carbocycles. The van der Waals surface area contributed by atoms with Crippen LogP contribution in [0.2, 0.25) is 0 Å². The minimum atomic E-state index is 0. The van der Waals surface area contributed by atoms with Gasteiger partial charge >= 0.3 is 0 Å². The lowest BCUT2D eigenvalue weighted by Crippen LogP contribution is -2.33. The number of hydrogen-bond acceptors (Lipinski definition) is 2. The third kappa shape index (κ3) is 4.46. The molecule has 1 aromatic rings. The number of aryl methyl sites for hydroxylation is 1. The predicted octanol–water partition coefficient (Wildman–Crippen LogP) is 2.79. The van der Waals surface area contributed by atoms with Crippen LogP contribution < -0.4 is 0 Å². The van der Waals surface area contributed by atoms with E-state index in [4.69, 9.17) is 11.6 Å². The Morgan fingerprint density at radius 1 is 1.50 bits per heavy atom. The summed E-state index contributed by atoms with van der Waals surface area (Å²) in [4.78, 5) is 17.8. The van der Waals surface area contributed by atoms with Crippen LogP contribution in [0.1, 0.15) is 24.1 Å². The molecule has 0 aliphatic heterocycles. The van der Waals surface area contributed by atoms with Gasteiger partial charge in [-0.25, -0.2) is 0 Å². The Morgan fingerprint density at radius 3 is 2.72 bits per heavy atom. The summed E-state index contributed by atoms with van der Waals surface area (Å²) >= 11 is 5.64. The second-order valence-electron chi connectivity index (χ2n) is 4.66. The highest BCUT2D eigenvalue weighted by atomic mass is 35.5. The maximum atomic E-state index is 11.7. The Bertz CT molecular complexity index is 390. The summed E-state index contributed by atoms with van der Waals surface area (Å²) in [7, 11) is 0. The maximum Gasteiger partial charge on any atom is 0.237 e. The molecule has 0 bridgehead atoms. The van der Waals surface area contributed by atoms with Crippen LogP contribution in [0.5, 0.6) is 0 Å². The monoisotopic (exact) mass is 288 g/mol. The molecule has 1 aliphatic rings. The molecular weight excluding hydrogens is 271 g/mol. The molecule has 1 aromatic heterocycles. The van der Waals surface area contributed by atoms with Gasteiger partial charge in [0.1, 0.15) is 5.88 Å². The SMILES string of the molecule is Cc1ccc(CN(CC2CC2)C(=O)CCl)cn1.Cl. The number of carbonyl (C=O) groups is 1. The Kier molecular flexibility index (Phi) is 5.89. The highest BCUT2D eigenvalue weighted by Crippen LogP contribution is 2.30. The number of alkyl halides is 1. The van der Waals surface area contributed by atoms with Crippen LogP contribution >= 0.6 is 24.0 Å². The second-order valence-corrected chi connectivity index (χ2v) is 4.93. The lowest BCUT2D eigenvalue weighted by atomic mass is 10.2. The highest BCUT2D eigenvalue weighted by molar-refractivity contribution is 6.27. The molecule has 0 radical (unpaired) electrons. The number of nitrogens with zero attached hydrogens (tertiary/aromatic N) is 2. The summed E-state index contributed by atoms with van der Waals surface area (Å²) in [5, 5.41) is 0. The first-order chi connectivity index (χ1) is 8.19. The van der Waals surface area contributed by atoms with E-state index in [1.165, 1.54) is 12.8 Å². The van der Waals surface area contributed by atoms with Crippen LogP contribution in [0.4, 0.5) is 0 Å². The van der Waals surface area contributed by atoms with Crippen LogP contribution in [0.3, 0.4) is 0 Å². The third-order valence-electron chi connectivity index (χ3n) is 2.99. The first-order valence-corrected chi connectivity index (χ1v) is 6.47. The minimum absolute atomic E-state index is 0. The van der Waals surface area contributed by atoms with E-state index in [1.807, 2.05) is 30.2 Å². The van der Waals surface area contributed by atoms with Crippen molar-refractivity contribution in [3.8, 4) is 0 Å². The van der Waals surface area contributed by atoms with E-state index < -0.39 is 0 Å². The number of hydrogen-bond donors (Lipinski definition) is 0. The molecule has 0 saturated heterocycles. The zero-order valence-corrected chi connectivity index (χ0v) is 12.0. The van der Waals surface area contributed by atoms with Crippen molar-refractivity contribution < 1.29 is 4.79 Å². The number of carbonyl (C=O) groups excluding carboxylic acids is 1. The van der Waals surface area contributed by atoms with Crippen LogP contribution in [-0.2, 0) is 11.3 Å². The van der Waals surface area contributed by atoms with Gasteiger partial charge in [-0.15, -0.1) is 24.0 Å². The smallest absolute Gasteiger partial charge is 0.237 e. The number of amides is 1. The van der Waals surface area contributed by atoms with Gasteiger partial charge in [0.25, 0.3) is 0 Å². The van der Waals surface area contributed by atoms with E-state index in [0.29, 0.717) is 12.5 Å². The van der Waals surface area contributed by atoms with Gasteiger partial charge in [-0.2, -0.15) is 0 Å². The van der Waals surface area contributed by atoms with Crippen molar-refractivity contribution in [2.75, 3.05) is 12.4 Å². The predicted molar refractivity (Wildman–Crippen MR) is 75.1 cm³/mol. The third-order valence-corrected chi connectivity index (χ3v) is 3.22. The largest absolute Gasteiger partial charge is 0.337 e. The Hall–Kier alpha value is -0.800. The summed E-state index contributed by atoms with van der Waals surface area (Å²) in [6, 6.07) is 3.99. The normalized spacial score (nSPS) is 13.9. The second kappa shape index (κ2) is 6.95. The average Bonchev–Trinajstić information content (AvgIpc) is 3.14. The van der Waals surface area contributed by atoms with Gasteiger partial charge in [-0.3, -0.25) is 9.78 Å². The first kappa shape index (κ1) is 15.3. The van der Waals surface area contributed by atoms with Crippen molar-refractivity contribution in [2.45, 2.75) is 26.3 Å². The molecule has 1 fully saturated rings. The topological polar surface area (TPSA) is 33.2 Å². The van der Waals surface area contributed by atoms with Crippen molar-refractivity contribution in [2.24, 2.45) is 5.92 Å². The van der Waals surface area contributed by atoms with Gasteiger partial charge < -0.3 is 4.90 Å². The Balaban J connectivity index is 0.00000162. The molecule has 100 valence electrons. The molecule has 0 atom stereocenters. The molecule has 1 heterocycles. The fourth-order valence-electron chi connectivity index (χ4n) is 1.76. The number of aromatic nitrogens is 1. The molecule has 1 saturated carbocycles. The van der Waals surface area contributed by atoms with E-state index in [2.05, 4.69) is 4.98 Å². The first-order valence-electron chi connectivity index (χ1n) is 5.94. The fraction of sp³-hybridized carbons (Fsp3) is 0.538. The van der Waals surface area contributed by atoms with Gasteiger partial charge in [0.2, 0.25) is 5.91 Å². The highest BCUT2D eigenvalue weighted by Gasteiger charge is 2.26. The molecule has 1 amide bonds. The van der Waals surface area contributed by atoms with Crippen molar-refractivity contribution in [3.63, 3.8) is 0 Å². The molecule has 0 N–H and O–H groups in total. The fourth-order valence-corrected chi connectivity index (χ4v) is 1.93. The Morgan fingerprint density at radius 2 is 2.22 bits per heavy atom. The summed E-state index contributed by atoms with van der Waals surface area (Å²) in [5.41, 5.74) is 2.06. The van der Waals surface area contributed by atoms with Gasteiger partial charge in [0, 0.05) is 25.0 Å². The van der Waals surface area contributed by atoms with Crippen LogP contribution in [0, 0.1) is 12.8 Å². The van der Waals surface area contributed by atoms with E-state index in [9.17, 15) is 4.79 Å². The zero-order valence-electron chi connectivity index (χ0n) is 10.4. The van der Waals surface area contributed by atoms with Crippen molar-refractivity contribution in [3.05, 3.63) is 29.6 Å². The molecule has 2 rings (SSSR count). The van der Waals surface area contributed by atoms with E-state index >= 15 is 0 Å². The van der Waals surface area contributed by atoms with Gasteiger partial charge in [0.05, 0.1) is 0 Å². The molecule has 3 nitrogen and oxygen atoms in total. The van der Waals surface area contributed by atoms with Gasteiger partial charge in [0.15, 0.2) is 0 Å². The number of rotatable bonds is 5. The summed E-state index contributed by atoms with van der Waals surface area (Å²) in [6.45, 7) is 3.41. The van der Waals surface area contributed by atoms with E-state index in [-0.39, 0.29) is 24.2 Å². The Labute approximate surface area is 119 Å². The molecule has 0 spiro atoms. The van der Waals surface area contributed by atoms with Gasteiger partial charge in [-0.1, -0.05) is 6.07 Å². The quantitative estimate of drug-likeness (QED) is 0.781. The minimum Gasteiger partial charge on any atom is -0.337 e. The molecular formula is C13H18Cl2N2O. The molecule has 0 unspecified atom stereocenters. The van der Waals surface area contributed by atoms with Crippen molar-refractivity contribution in [1.29, 1.82) is 0 Å².